The second-order valence-corrected chi connectivity index (χ2v) is 9.03. The molecule has 2 saturated heterocycles. The average Bonchev–Trinajstić information content (AvgIpc) is 3.15. The fourth-order valence-corrected chi connectivity index (χ4v) is 3.88. The number of hydrogen-bond donors (Lipinski definition) is 3. The minimum Gasteiger partial charge on any atom is -0.465 e. The molecular weight excluding hydrogens is 490 g/mol. The summed E-state index contributed by atoms with van der Waals surface area (Å²) in [7, 11) is 0. The van der Waals surface area contributed by atoms with Crippen LogP contribution >= 0.6 is 0 Å². The fourth-order valence-electron chi connectivity index (χ4n) is 3.88. The van der Waals surface area contributed by atoms with Gasteiger partial charge in [0.05, 0.1) is 38.1 Å². The molecule has 1 aromatic heterocycles. The van der Waals surface area contributed by atoms with Gasteiger partial charge in [0.2, 0.25) is 0 Å². The number of carboxylic acid groups (broad SMARTS) is 1. The fraction of sp³-hybridized carbons (Fsp3) is 0.417. The normalized spacial score (nSPS) is 18.9. The van der Waals surface area contributed by atoms with Gasteiger partial charge in [-0.05, 0) is 19.9 Å². The number of nitrogens with two attached hydrogens (primary N) is 1. The first-order valence-corrected chi connectivity index (χ1v) is 11.6. The number of halogens is 2. The lowest BCUT2D eigenvalue weighted by molar-refractivity contribution is -0.140. The lowest BCUT2D eigenvalue weighted by atomic mass is 10.0. The maximum atomic E-state index is 15.0. The van der Waals surface area contributed by atoms with Crippen LogP contribution in [0.5, 0.6) is 0 Å². The molecule has 1 unspecified atom stereocenters. The Morgan fingerprint density at radius 3 is 2.84 bits per heavy atom. The topological polar surface area (TPSA) is 144 Å². The van der Waals surface area contributed by atoms with Crippen LogP contribution in [0.1, 0.15) is 25.8 Å². The molecule has 2 fully saturated rings. The summed E-state index contributed by atoms with van der Waals surface area (Å²) in [5.74, 6) is -2.03. The lowest BCUT2D eigenvalue weighted by Gasteiger charge is -2.33. The second kappa shape index (κ2) is 11.0. The largest absolute Gasteiger partial charge is 0.465 e. The summed E-state index contributed by atoms with van der Waals surface area (Å²) in [6.45, 7) is 5.16. The average molecular weight is 519 g/mol. The van der Waals surface area contributed by atoms with Gasteiger partial charge in [0.15, 0.2) is 23.4 Å². The van der Waals surface area contributed by atoms with Crippen molar-refractivity contribution in [2.24, 2.45) is 15.9 Å². The SMILES string of the molecule is CC1(C)OCC(CCON=C2CN(c3ncc(-c4cccc(CN=C(N)NC(=O)O)c4F)cc3F)C2)O1. The Morgan fingerprint density at radius 2 is 2.16 bits per heavy atom. The van der Waals surface area contributed by atoms with Crippen molar-refractivity contribution in [2.45, 2.75) is 38.7 Å². The van der Waals surface area contributed by atoms with Crippen LogP contribution in [0.25, 0.3) is 11.1 Å². The van der Waals surface area contributed by atoms with E-state index in [9.17, 15) is 9.18 Å². The van der Waals surface area contributed by atoms with Crippen LogP contribution in [0.3, 0.4) is 0 Å². The van der Waals surface area contributed by atoms with E-state index in [1.807, 2.05) is 19.2 Å². The van der Waals surface area contributed by atoms with Gasteiger partial charge in [-0.3, -0.25) is 5.32 Å². The number of guanidine groups is 1. The summed E-state index contributed by atoms with van der Waals surface area (Å²) in [6, 6.07) is 5.77. The number of aliphatic imine (C=N–C) groups is 1. The van der Waals surface area contributed by atoms with Gasteiger partial charge in [0.1, 0.15) is 12.4 Å². The number of anilines is 1. The van der Waals surface area contributed by atoms with Crippen LogP contribution in [0.4, 0.5) is 19.4 Å². The summed E-state index contributed by atoms with van der Waals surface area (Å²) < 4.78 is 41.1. The number of oxime groups is 1. The van der Waals surface area contributed by atoms with Crippen molar-refractivity contribution >= 4 is 23.6 Å². The maximum Gasteiger partial charge on any atom is 0.411 e. The number of hydrogen-bond acceptors (Lipinski definition) is 8. The molecule has 0 aliphatic carbocycles. The zero-order valence-electron chi connectivity index (χ0n) is 20.4. The quantitative estimate of drug-likeness (QED) is 0.209. The molecule has 0 saturated carbocycles. The summed E-state index contributed by atoms with van der Waals surface area (Å²) >= 11 is 0. The highest BCUT2D eigenvalue weighted by Gasteiger charge is 2.32. The molecule has 3 heterocycles. The van der Waals surface area contributed by atoms with Crippen LogP contribution in [0.15, 0.2) is 40.6 Å². The van der Waals surface area contributed by atoms with Crippen LogP contribution in [-0.4, -0.2) is 66.0 Å². The Balaban J connectivity index is 1.32. The van der Waals surface area contributed by atoms with E-state index in [2.05, 4.69) is 15.1 Å². The minimum absolute atomic E-state index is 0.0322. The summed E-state index contributed by atoms with van der Waals surface area (Å²) in [4.78, 5) is 25.6. The molecule has 2 aliphatic heterocycles. The van der Waals surface area contributed by atoms with Crippen molar-refractivity contribution < 1.29 is 33.0 Å². The summed E-state index contributed by atoms with van der Waals surface area (Å²) in [5, 5.41) is 14.6. The van der Waals surface area contributed by atoms with E-state index >= 15 is 4.39 Å². The number of aromatic nitrogens is 1. The predicted octanol–water partition coefficient (Wildman–Crippen LogP) is 2.84. The number of rotatable bonds is 8. The molecule has 1 atom stereocenters. The molecule has 2 aromatic rings. The Labute approximate surface area is 211 Å². The molecule has 1 aromatic carbocycles. The molecule has 1 amide bonds. The number of amides is 1. The standard InChI is InChI=1S/C24H28F2N6O5/c1-24(2)35-13-17(37-24)6-7-36-31-16-11-32(12-16)21-19(25)8-15(10-28-21)18-5-3-4-14(20(18)26)9-29-22(27)30-23(33)34/h3-5,8,10,17H,6-7,9,11-13H2,1-2H3,(H,33,34)(H3,27,29,30). The second-order valence-electron chi connectivity index (χ2n) is 9.03. The Bertz CT molecular complexity index is 1210. The smallest absolute Gasteiger partial charge is 0.411 e. The Morgan fingerprint density at radius 1 is 1.38 bits per heavy atom. The minimum atomic E-state index is -1.38. The highest BCUT2D eigenvalue weighted by atomic mass is 19.1. The zero-order valence-corrected chi connectivity index (χ0v) is 20.4. The molecule has 11 nitrogen and oxygen atoms in total. The molecular formula is C24H28F2N6O5. The van der Waals surface area contributed by atoms with E-state index in [0.29, 0.717) is 32.7 Å². The molecule has 13 heteroatoms. The first-order valence-electron chi connectivity index (χ1n) is 11.6. The van der Waals surface area contributed by atoms with E-state index in [0.717, 1.165) is 5.71 Å². The predicted molar refractivity (Wildman–Crippen MR) is 131 cm³/mol. The van der Waals surface area contributed by atoms with E-state index in [4.69, 9.17) is 25.2 Å². The monoisotopic (exact) mass is 518 g/mol. The van der Waals surface area contributed by atoms with Gasteiger partial charge in [-0.1, -0.05) is 23.4 Å². The molecule has 0 bridgehead atoms. The number of carbonyl (C=O) groups is 1. The molecule has 198 valence electrons. The van der Waals surface area contributed by atoms with Crippen molar-refractivity contribution in [3.63, 3.8) is 0 Å². The Hall–Kier alpha value is -3.84. The van der Waals surface area contributed by atoms with Gasteiger partial charge < -0.3 is 30.1 Å². The van der Waals surface area contributed by atoms with E-state index in [-0.39, 0.29) is 41.1 Å². The molecule has 4 rings (SSSR count). The van der Waals surface area contributed by atoms with Crippen molar-refractivity contribution in [1.82, 2.24) is 10.3 Å². The van der Waals surface area contributed by atoms with Crippen LogP contribution in [0, 0.1) is 11.6 Å². The lowest BCUT2D eigenvalue weighted by Crippen LogP contribution is -2.48. The van der Waals surface area contributed by atoms with Gasteiger partial charge in [0, 0.05) is 29.3 Å². The maximum absolute atomic E-state index is 15.0. The third-order valence-electron chi connectivity index (χ3n) is 5.70. The van der Waals surface area contributed by atoms with Crippen molar-refractivity contribution in [1.29, 1.82) is 0 Å². The van der Waals surface area contributed by atoms with Gasteiger partial charge in [-0.25, -0.2) is 23.6 Å². The number of benzene rings is 1. The first-order chi connectivity index (χ1) is 17.6. The number of nitrogens with zero attached hydrogens (tertiary/aromatic N) is 4. The van der Waals surface area contributed by atoms with E-state index in [1.54, 1.807) is 11.0 Å². The first kappa shape index (κ1) is 26.2. The highest BCUT2D eigenvalue weighted by molar-refractivity contribution is 5.99. The number of nitrogens with one attached hydrogen (secondary N) is 1. The molecule has 37 heavy (non-hydrogen) atoms. The number of pyridine rings is 1. The van der Waals surface area contributed by atoms with E-state index < -0.39 is 23.5 Å². The van der Waals surface area contributed by atoms with Gasteiger partial charge in [-0.2, -0.15) is 0 Å². The van der Waals surface area contributed by atoms with Gasteiger partial charge >= 0.3 is 6.09 Å². The van der Waals surface area contributed by atoms with Gasteiger partial charge in [0.25, 0.3) is 0 Å². The highest BCUT2D eigenvalue weighted by Crippen LogP contribution is 2.29. The van der Waals surface area contributed by atoms with Crippen molar-refractivity contribution in [2.75, 3.05) is 31.2 Å². The van der Waals surface area contributed by atoms with Crippen molar-refractivity contribution in [3.05, 3.63) is 47.7 Å². The van der Waals surface area contributed by atoms with Gasteiger partial charge in [-0.15, -0.1) is 0 Å². The third kappa shape index (κ3) is 6.68. The third-order valence-corrected chi connectivity index (χ3v) is 5.70. The zero-order chi connectivity index (χ0) is 26.6. The summed E-state index contributed by atoms with van der Waals surface area (Å²) in [5.41, 5.74) is 6.73. The number of ether oxygens (including phenoxy) is 2. The summed E-state index contributed by atoms with van der Waals surface area (Å²) in [6.07, 6.45) is 0.633. The van der Waals surface area contributed by atoms with Crippen LogP contribution in [0.2, 0.25) is 0 Å². The Kier molecular flexibility index (Phi) is 7.83. The molecule has 4 N–H and O–H groups in total. The van der Waals surface area contributed by atoms with Crippen LogP contribution < -0.4 is 16.0 Å². The van der Waals surface area contributed by atoms with Crippen molar-refractivity contribution in [3.8, 4) is 11.1 Å². The molecule has 0 radical (unpaired) electrons. The van der Waals surface area contributed by atoms with E-state index in [1.165, 1.54) is 24.4 Å². The van der Waals surface area contributed by atoms with Crippen LogP contribution in [-0.2, 0) is 20.9 Å². The molecule has 2 aliphatic rings. The molecule has 0 spiro atoms.